The van der Waals surface area contributed by atoms with Gasteiger partial charge < -0.3 is 5.32 Å². The molecule has 6 heteroatoms. The molecule has 16 heavy (non-hydrogen) atoms. The summed E-state index contributed by atoms with van der Waals surface area (Å²) in [5.74, 6) is -4.63. The second kappa shape index (κ2) is 4.86. The molecule has 2 nitrogen and oxygen atoms in total. The lowest BCUT2D eigenvalue weighted by molar-refractivity contribution is 0.0220. The number of nitrogens with one attached hydrogen (secondary N) is 1. The van der Waals surface area contributed by atoms with E-state index in [1.165, 1.54) is 12.1 Å². The van der Waals surface area contributed by atoms with Crippen LogP contribution in [0.4, 0.5) is 13.2 Å². The van der Waals surface area contributed by atoms with Crippen molar-refractivity contribution >= 4 is 21.8 Å². The lowest BCUT2D eigenvalue weighted by Gasteiger charge is -2.11. The van der Waals surface area contributed by atoms with E-state index < -0.39 is 24.2 Å². The van der Waals surface area contributed by atoms with Gasteiger partial charge in [0.15, 0.2) is 0 Å². The molecule has 0 heterocycles. The number of hydrogen-bond donors (Lipinski definition) is 1. The molecule has 0 aliphatic carbocycles. The lowest BCUT2D eigenvalue weighted by Crippen LogP contribution is -2.34. The molecule has 0 saturated heterocycles. The second-order valence-electron chi connectivity index (χ2n) is 3.38. The van der Waals surface area contributed by atoms with Crippen LogP contribution >= 0.6 is 15.9 Å². The Balaban J connectivity index is 2.77. The molecule has 0 spiro atoms. The number of carbonyl (C=O) groups excluding carboxylic acids is 1. The highest BCUT2D eigenvalue weighted by Gasteiger charge is 2.23. The fourth-order valence-corrected chi connectivity index (χ4v) is 1.36. The van der Waals surface area contributed by atoms with E-state index in [2.05, 4.69) is 15.9 Å². The van der Waals surface area contributed by atoms with Gasteiger partial charge in [0.25, 0.3) is 11.8 Å². The zero-order valence-electron chi connectivity index (χ0n) is 8.36. The molecule has 0 unspecified atom stereocenters. The number of halogens is 4. The van der Waals surface area contributed by atoms with Crippen LogP contribution in [0.25, 0.3) is 0 Å². The fourth-order valence-electron chi connectivity index (χ4n) is 1.00. The van der Waals surface area contributed by atoms with Crippen LogP contribution in [0.3, 0.4) is 0 Å². The average molecular weight is 296 g/mol. The first-order valence-electron chi connectivity index (χ1n) is 4.41. The van der Waals surface area contributed by atoms with E-state index in [0.717, 1.165) is 6.07 Å². The van der Waals surface area contributed by atoms with Gasteiger partial charge in [-0.1, -0.05) is 15.9 Å². The van der Waals surface area contributed by atoms with Crippen LogP contribution in [0, 0.1) is 5.82 Å². The molecule has 0 aliphatic rings. The van der Waals surface area contributed by atoms with Gasteiger partial charge in [0.1, 0.15) is 5.82 Å². The van der Waals surface area contributed by atoms with Crippen LogP contribution < -0.4 is 5.32 Å². The van der Waals surface area contributed by atoms with Gasteiger partial charge in [-0.15, -0.1) is 0 Å². The Morgan fingerprint density at radius 2 is 2.12 bits per heavy atom. The van der Waals surface area contributed by atoms with E-state index in [-0.39, 0.29) is 5.56 Å². The molecule has 1 rings (SSSR count). The Hall–Kier alpha value is -1.04. The van der Waals surface area contributed by atoms with E-state index in [0.29, 0.717) is 11.4 Å². The molecule has 0 bridgehead atoms. The molecule has 0 radical (unpaired) electrons. The maximum absolute atomic E-state index is 13.2. The monoisotopic (exact) mass is 295 g/mol. The number of hydrogen-bond acceptors (Lipinski definition) is 1. The van der Waals surface area contributed by atoms with Crippen LogP contribution in [-0.4, -0.2) is 18.4 Å². The molecule has 88 valence electrons. The highest BCUT2D eigenvalue weighted by Crippen LogP contribution is 2.16. The first-order valence-corrected chi connectivity index (χ1v) is 5.20. The van der Waals surface area contributed by atoms with Crippen molar-refractivity contribution in [3.63, 3.8) is 0 Å². The minimum atomic E-state index is -3.02. The van der Waals surface area contributed by atoms with Crippen molar-refractivity contribution in [2.45, 2.75) is 12.8 Å². The third kappa shape index (κ3) is 3.84. The van der Waals surface area contributed by atoms with Crippen molar-refractivity contribution in [3.05, 3.63) is 34.1 Å². The fraction of sp³-hybridized carbons (Fsp3) is 0.300. The van der Waals surface area contributed by atoms with Gasteiger partial charge in [-0.25, -0.2) is 13.2 Å². The van der Waals surface area contributed by atoms with Crippen LogP contribution in [0.5, 0.6) is 0 Å². The number of rotatable bonds is 3. The molecule has 1 amide bonds. The Labute approximate surface area is 99.0 Å². The summed E-state index contributed by atoms with van der Waals surface area (Å²) in [5.41, 5.74) is -0.265. The molecule has 0 fully saturated rings. The van der Waals surface area contributed by atoms with Crippen molar-refractivity contribution in [1.82, 2.24) is 5.32 Å². The Morgan fingerprint density at radius 3 is 2.69 bits per heavy atom. The van der Waals surface area contributed by atoms with Gasteiger partial charge in [0.2, 0.25) is 0 Å². The summed E-state index contributed by atoms with van der Waals surface area (Å²) in [6, 6.07) is 3.74. The van der Waals surface area contributed by atoms with Crippen LogP contribution in [-0.2, 0) is 0 Å². The maximum Gasteiger partial charge on any atom is 0.262 e. The van der Waals surface area contributed by atoms with Crippen molar-refractivity contribution < 1.29 is 18.0 Å². The third-order valence-corrected chi connectivity index (χ3v) is 2.23. The van der Waals surface area contributed by atoms with Crippen LogP contribution in [0.15, 0.2) is 22.7 Å². The summed E-state index contributed by atoms with van der Waals surface area (Å²) < 4.78 is 38.6. The summed E-state index contributed by atoms with van der Waals surface area (Å²) in [7, 11) is 0. The quantitative estimate of drug-likeness (QED) is 0.913. The number of benzene rings is 1. The van der Waals surface area contributed by atoms with E-state index in [1.807, 2.05) is 5.32 Å². The molecule has 0 atom stereocenters. The smallest absolute Gasteiger partial charge is 0.262 e. The molecular weight excluding hydrogens is 287 g/mol. The predicted molar refractivity (Wildman–Crippen MR) is 57.1 cm³/mol. The molecule has 1 aromatic rings. The molecule has 0 saturated carbocycles. The summed E-state index contributed by atoms with van der Waals surface area (Å²) >= 11 is 3.06. The summed E-state index contributed by atoms with van der Waals surface area (Å²) in [6.45, 7) is -0.150. The van der Waals surface area contributed by atoms with Gasteiger partial charge in [0.05, 0.1) is 12.1 Å². The highest BCUT2D eigenvalue weighted by molar-refractivity contribution is 9.10. The largest absolute Gasteiger partial charge is 0.346 e. The van der Waals surface area contributed by atoms with E-state index >= 15 is 0 Å². The second-order valence-corrected chi connectivity index (χ2v) is 4.29. The first kappa shape index (κ1) is 13.0. The normalized spacial score (nSPS) is 11.3. The third-order valence-electron chi connectivity index (χ3n) is 1.73. The van der Waals surface area contributed by atoms with E-state index in [1.54, 1.807) is 0 Å². The van der Waals surface area contributed by atoms with Gasteiger partial charge >= 0.3 is 0 Å². The molecule has 1 aromatic carbocycles. The average Bonchev–Trinajstić information content (AvgIpc) is 2.17. The van der Waals surface area contributed by atoms with Crippen molar-refractivity contribution in [3.8, 4) is 0 Å². The standard InChI is InChI=1S/C10H9BrF3NO/c1-10(13,14)5-15-9(16)7-4-6(11)2-3-8(7)12/h2-4H,5H2,1H3,(H,15,16). The zero-order chi connectivity index (χ0) is 12.3. The Kier molecular flexibility index (Phi) is 3.96. The summed E-state index contributed by atoms with van der Waals surface area (Å²) in [5, 5.41) is 1.96. The molecule has 1 N–H and O–H groups in total. The van der Waals surface area contributed by atoms with Crippen molar-refractivity contribution in [1.29, 1.82) is 0 Å². The van der Waals surface area contributed by atoms with Gasteiger partial charge in [0, 0.05) is 11.4 Å². The lowest BCUT2D eigenvalue weighted by atomic mass is 10.2. The highest BCUT2D eigenvalue weighted by atomic mass is 79.9. The Bertz CT molecular complexity index is 404. The minimum absolute atomic E-state index is 0.265. The molecule has 0 aromatic heterocycles. The minimum Gasteiger partial charge on any atom is -0.346 e. The molecular formula is C10H9BrF3NO. The summed E-state index contributed by atoms with van der Waals surface area (Å²) in [4.78, 5) is 11.4. The van der Waals surface area contributed by atoms with Gasteiger partial charge in [-0.2, -0.15) is 0 Å². The summed E-state index contributed by atoms with van der Waals surface area (Å²) in [6.07, 6.45) is 0. The van der Waals surface area contributed by atoms with Crippen molar-refractivity contribution in [2.75, 3.05) is 6.54 Å². The van der Waals surface area contributed by atoms with Crippen LogP contribution in [0.2, 0.25) is 0 Å². The number of alkyl halides is 2. The van der Waals surface area contributed by atoms with Gasteiger partial charge in [-0.3, -0.25) is 4.79 Å². The predicted octanol–water partition coefficient (Wildman–Crippen LogP) is 2.97. The topological polar surface area (TPSA) is 29.1 Å². The molecule has 0 aliphatic heterocycles. The Morgan fingerprint density at radius 1 is 1.50 bits per heavy atom. The maximum atomic E-state index is 13.2. The van der Waals surface area contributed by atoms with Gasteiger partial charge in [-0.05, 0) is 18.2 Å². The van der Waals surface area contributed by atoms with Crippen LogP contribution in [0.1, 0.15) is 17.3 Å². The van der Waals surface area contributed by atoms with Crippen molar-refractivity contribution in [2.24, 2.45) is 0 Å². The zero-order valence-corrected chi connectivity index (χ0v) is 9.95. The first-order chi connectivity index (χ1) is 7.29. The number of amides is 1. The van der Waals surface area contributed by atoms with E-state index in [4.69, 9.17) is 0 Å². The SMILES string of the molecule is CC(F)(F)CNC(=O)c1cc(Br)ccc1F. The van der Waals surface area contributed by atoms with E-state index in [9.17, 15) is 18.0 Å². The number of carbonyl (C=O) groups is 1.